The average molecular weight is 278 g/mol. The van der Waals surface area contributed by atoms with Crippen molar-refractivity contribution in [2.45, 2.75) is 45.4 Å². The second-order valence-electron chi connectivity index (χ2n) is 5.15. The zero-order valence-electron chi connectivity index (χ0n) is 11.6. The molecule has 2 atom stereocenters. The lowest BCUT2D eigenvalue weighted by Crippen LogP contribution is -2.45. The summed E-state index contributed by atoms with van der Waals surface area (Å²) in [7, 11) is 0. The van der Waals surface area contributed by atoms with Crippen molar-refractivity contribution in [3.63, 3.8) is 0 Å². The molecule has 2 rings (SSSR count). The van der Waals surface area contributed by atoms with E-state index in [0.29, 0.717) is 11.2 Å². The van der Waals surface area contributed by atoms with Gasteiger partial charge in [-0.25, -0.2) is 0 Å². The van der Waals surface area contributed by atoms with Crippen molar-refractivity contribution in [2.24, 2.45) is 0 Å². The first-order chi connectivity index (χ1) is 9.15. The van der Waals surface area contributed by atoms with Crippen LogP contribution in [-0.4, -0.2) is 23.9 Å². The molecule has 0 aromatic heterocycles. The Labute approximate surface area is 120 Å². The molecule has 1 aliphatic rings. The Morgan fingerprint density at radius 3 is 2.79 bits per heavy atom. The second kappa shape index (κ2) is 6.87. The van der Waals surface area contributed by atoms with E-state index in [2.05, 4.69) is 48.7 Å². The van der Waals surface area contributed by atoms with Gasteiger partial charge in [-0.3, -0.25) is 0 Å². The van der Waals surface area contributed by atoms with Crippen LogP contribution in [0.4, 0.5) is 0 Å². The Morgan fingerprint density at radius 2 is 2.16 bits per heavy atom. The van der Waals surface area contributed by atoms with E-state index in [1.54, 1.807) is 0 Å². The van der Waals surface area contributed by atoms with Gasteiger partial charge in [0.2, 0.25) is 0 Å². The number of thiocarbonyl (C=S) groups is 1. The first kappa shape index (κ1) is 14.3. The van der Waals surface area contributed by atoms with Gasteiger partial charge < -0.3 is 15.4 Å². The maximum atomic E-state index is 5.64. The van der Waals surface area contributed by atoms with E-state index in [9.17, 15) is 0 Å². The quantitative estimate of drug-likeness (QED) is 0.829. The Hall–Kier alpha value is -1.13. The molecule has 104 valence electrons. The highest BCUT2D eigenvalue weighted by molar-refractivity contribution is 7.80. The zero-order valence-corrected chi connectivity index (χ0v) is 12.4. The average Bonchev–Trinajstić information content (AvgIpc) is 2.92. The van der Waals surface area contributed by atoms with Crippen molar-refractivity contribution < 1.29 is 4.74 Å². The third-order valence-corrected chi connectivity index (χ3v) is 3.72. The highest BCUT2D eigenvalue weighted by Gasteiger charge is 2.22. The minimum absolute atomic E-state index is 0.264. The molecular weight excluding hydrogens is 256 g/mol. The first-order valence-corrected chi connectivity index (χ1v) is 7.27. The molecule has 0 saturated carbocycles. The molecular formula is C15H22N2OS. The molecule has 1 aromatic rings. The standard InChI is InChI=1S/C15H22N2OS/c1-11-5-7-13(8-6-11)10-16-15(19)17-12(2)14-4-3-9-18-14/h5-8,12,14H,3-4,9-10H2,1-2H3,(H2,16,17,19). The Kier molecular flexibility index (Phi) is 5.16. The van der Waals surface area contributed by atoms with Crippen molar-refractivity contribution >= 4 is 17.3 Å². The molecule has 0 aliphatic carbocycles. The molecule has 0 amide bonds. The molecule has 3 nitrogen and oxygen atoms in total. The van der Waals surface area contributed by atoms with Gasteiger partial charge in [-0.1, -0.05) is 29.8 Å². The van der Waals surface area contributed by atoms with E-state index < -0.39 is 0 Å². The lowest BCUT2D eigenvalue weighted by atomic mass is 10.1. The topological polar surface area (TPSA) is 33.3 Å². The molecule has 19 heavy (non-hydrogen) atoms. The highest BCUT2D eigenvalue weighted by Crippen LogP contribution is 2.15. The maximum absolute atomic E-state index is 5.64. The lowest BCUT2D eigenvalue weighted by molar-refractivity contribution is 0.0893. The molecule has 1 aromatic carbocycles. The molecule has 1 saturated heterocycles. The summed E-state index contributed by atoms with van der Waals surface area (Å²) in [6.07, 6.45) is 2.56. The predicted molar refractivity (Wildman–Crippen MR) is 82.2 cm³/mol. The largest absolute Gasteiger partial charge is 0.376 e. The van der Waals surface area contributed by atoms with Crippen LogP contribution in [-0.2, 0) is 11.3 Å². The van der Waals surface area contributed by atoms with Crippen LogP contribution >= 0.6 is 12.2 Å². The number of nitrogens with one attached hydrogen (secondary N) is 2. The normalized spacial score (nSPS) is 20.0. The molecule has 2 N–H and O–H groups in total. The lowest BCUT2D eigenvalue weighted by Gasteiger charge is -2.22. The summed E-state index contributed by atoms with van der Waals surface area (Å²) in [5.41, 5.74) is 2.51. The summed E-state index contributed by atoms with van der Waals surface area (Å²) in [5, 5.41) is 7.23. The predicted octanol–water partition coefficient (Wildman–Crippen LogP) is 2.53. The monoisotopic (exact) mass is 278 g/mol. The van der Waals surface area contributed by atoms with Crippen LogP contribution < -0.4 is 10.6 Å². The van der Waals surface area contributed by atoms with Crippen molar-refractivity contribution in [1.29, 1.82) is 0 Å². The van der Waals surface area contributed by atoms with E-state index in [1.165, 1.54) is 11.1 Å². The van der Waals surface area contributed by atoms with Gasteiger partial charge in [0.25, 0.3) is 0 Å². The van der Waals surface area contributed by atoms with E-state index in [4.69, 9.17) is 17.0 Å². The third kappa shape index (κ3) is 4.48. The minimum Gasteiger partial charge on any atom is -0.376 e. The van der Waals surface area contributed by atoms with Crippen LogP contribution in [0.1, 0.15) is 30.9 Å². The van der Waals surface area contributed by atoms with Crippen LogP contribution in [0.15, 0.2) is 24.3 Å². The van der Waals surface area contributed by atoms with Crippen molar-refractivity contribution in [2.75, 3.05) is 6.61 Å². The molecule has 4 heteroatoms. The van der Waals surface area contributed by atoms with Crippen LogP contribution in [0.25, 0.3) is 0 Å². The van der Waals surface area contributed by atoms with E-state index in [1.807, 2.05) is 0 Å². The summed E-state index contributed by atoms with van der Waals surface area (Å²) < 4.78 is 5.64. The smallest absolute Gasteiger partial charge is 0.166 e. The Balaban J connectivity index is 1.73. The van der Waals surface area contributed by atoms with Crippen molar-refractivity contribution in [3.8, 4) is 0 Å². The van der Waals surface area contributed by atoms with Crippen LogP contribution in [0.3, 0.4) is 0 Å². The van der Waals surface area contributed by atoms with Gasteiger partial charge in [0.15, 0.2) is 5.11 Å². The number of ether oxygens (including phenoxy) is 1. The molecule has 2 unspecified atom stereocenters. The SMILES string of the molecule is Cc1ccc(CNC(=S)NC(C)C2CCCO2)cc1. The summed E-state index contributed by atoms with van der Waals surface area (Å²) in [5.74, 6) is 0. The maximum Gasteiger partial charge on any atom is 0.166 e. The fourth-order valence-electron chi connectivity index (χ4n) is 2.24. The summed E-state index contributed by atoms with van der Waals surface area (Å²) in [6, 6.07) is 8.73. The van der Waals surface area contributed by atoms with Crippen LogP contribution in [0.5, 0.6) is 0 Å². The van der Waals surface area contributed by atoms with Gasteiger partial charge in [-0.15, -0.1) is 0 Å². The third-order valence-electron chi connectivity index (χ3n) is 3.46. The molecule has 1 fully saturated rings. The second-order valence-corrected chi connectivity index (χ2v) is 5.56. The molecule has 0 spiro atoms. The summed E-state index contributed by atoms with van der Waals surface area (Å²) in [4.78, 5) is 0. The van der Waals surface area contributed by atoms with E-state index >= 15 is 0 Å². The van der Waals surface area contributed by atoms with E-state index in [-0.39, 0.29) is 6.04 Å². The molecule has 0 bridgehead atoms. The Morgan fingerprint density at radius 1 is 1.42 bits per heavy atom. The van der Waals surface area contributed by atoms with Crippen LogP contribution in [0, 0.1) is 6.92 Å². The number of hydrogen-bond acceptors (Lipinski definition) is 2. The van der Waals surface area contributed by atoms with Gasteiger partial charge in [-0.05, 0) is 44.5 Å². The van der Waals surface area contributed by atoms with Gasteiger partial charge >= 0.3 is 0 Å². The highest BCUT2D eigenvalue weighted by atomic mass is 32.1. The zero-order chi connectivity index (χ0) is 13.7. The first-order valence-electron chi connectivity index (χ1n) is 6.86. The van der Waals surface area contributed by atoms with Gasteiger partial charge in [0.05, 0.1) is 12.1 Å². The van der Waals surface area contributed by atoms with Gasteiger partial charge in [0, 0.05) is 13.2 Å². The van der Waals surface area contributed by atoms with E-state index in [0.717, 1.165) is 26.0 Å². The summed E-state index contributed by atoms with van der Waals surface area (Å²) in [6.45, 7) is 5.84. The summed E-state index contributed by atoms with van der Waals surface area (Å²) >= 11 is 5.31. The van der Waals surface area contributed by atoms with Gasteiger partial charge in [0.1, 0.15) is 0 Å². The molecule has 0 radical (unpaired) electrons. The number of aryl methyl sites for hydroxylation is 1. The number of benzene rings is 1. The Bertz CT molecular complexity index is 413. The van der Waals surface area contributed by atoms with Crippen molar-refractivity contribution in [3.05, 3.63) is 35.4 Å². The molecule has 1 heterocycles. The van der Waals surface area contributed by atoms with Crippen LogP contribution in [0.2, 0.25) is 0 Å². The minimum atomic E-state index is 0.264. The van der Waals surface area contributed by atoms with Crippen molar-refractivity contribution in [1.82, 2.24) is 10.6 Å². The number of rotatable bonds is 4. The number of hydrogen-bond donors (Lipinski definition) is 2. The fourth-order valence-corrected chi connectivity index (χ4v) is 2.49. The van der Waals surface area contributed by atoms with Gasteiger partial charge in [-0.2, -0.15) is 0 Å². The molecule has 1 aliphatic heterocycles. The fraction of sp³-hybridized carbons (Fsp3) is 0.533.